The van der Waals surface area contributed by atoms with Crippen LogP contribution in [0.3, 0.4) is 0 Å². The number of ether oxygens (including phenoxy) is 1. The molecular formula is C28H44N2O6S. The molecule has 3 rings (SSSR count). The third-order valence-corrected chi connectivity index (χ3v) is 9.10. The van der Waals surface area contributed by atoms with Crippen molar-refractivity contribution in [3.63, 3.8) is 0 Å². The van der Waals surface area contributed by atoms with Crippen LogP contribution in [0.4, 0.5) is 0 Å². The lowest BCUT2D eigenvalue weighted by Gasteiger charge is -2.34. The number of thiazole rings is 1. The fourth-order valence-corrected chi connectivity index (χ4v) is 6.22. The van der Waals surface area contributed by atoms with Crippen LogP contribution >= 0.6 is 11.3 Å². The molecule has 0 radical (unpaired) electrons. The maximum atomic E-state index is 13.3. The van der Waals surface area contributed by atoms with Gasteiger partial charge in [-0.2, -0.15) is 0 Å². The summed E-state index contributed by atoms with van der Waals surface area (Å²) in [5.74, 6) is -1.57. The molecule has 0 amide bonds. The minimum absolute atomic E-state index is 0.0559. The summed E-state index contributed by atoms with van der Waals surface area (Å²) in [6.07, 6.45) is 2.19. The third-order valence-electron chi connectivity index (χ3n) is 8.31. The molecule has 9 heteroatoms. The molecule has 2 aliphatic rings. The first kappa shape index (κ1) is 29.9. The van der Waals surface area contributed by atoms with E-state index in [2.05, 4.69) is 9.88 Å². The lowest BCUT2D eigenvalue weighted by atomic mass is 9.73. The van der Waals surface area contributed by atoms with Gasteiger partial charge in [0.25, 0.3) is 0 Å². The van der Waals surface area contributed by atoms with E-state index in [4.69, 9.17) is 4.74 Å². The highest BCUT2D eigenvalue weighted by molar-refractivity contribution is 7.09. The zero-order valence-corrected chi connectivity index (χ0v) is 23.8. The van der Waals surface area contributed by atoms with E-state index in [1.807, 2.05) is 32.2 Å². The van der Waals surface area contributed by atoms with Gasteiger partial charge in [0.1, 0.15) is 11.9 Å². The maximum Gasteiger partial charge on any atom is 0.309 e. The molecule has 1 unspecified atom stereocenters. The summed E-state index contributed by atoms with van der Waals surface area (Å²) in [5.41, 5.74) is 0.467. The van der Waals surface area contributed by atoms with Gasteiger partial charge in [-0.3, -0.25) is 14.5 Å². The van der Waals surface area contributed by atoms with E-state index in [9.17, 15) is 24.9 Å². The van der Waals surface area contributed by atoms with Crippen LogP contribution in [0, 0.1) is 24.2 Å². The van der Waals surface area contributed by atoms with E-state index < -0.39 is 35.6 Å². The normalized spacial score (nSPS) is 36.1. The molecule has 1 aromatic rings. The predicted molar refractivity (Wildman–Crippen MR) is 144 cm³/mol. The SMILES string of the molecule is C/C(=C\c1csc(C)n1)[C@@H]1CC2[C@@H](CCC[C@H](C)[C@H](O)[C@@H](C)C(=O)C(C)(C)[C@@H](O)CC(=O)O1)[N@@]2CCO. The van der Waals surface area contributed by atoms with Crippen molar-refractivity contribution in [3.05, 3.63) is 21.7 Å². The number of Topliss-reactive ketones (excluding diaryl/α,β-unsaturated/α-hetero) is 1. The number of carbonyl (C=O) groups is 2. The van der Waals surface area contributed by atoms with Crippen LogP contribution in [0.2, 0.25) is 0 Å². The summed E-state index contributed by atoms with van der Waals surface area (Å²) < 4.78 is 5.94. The fraction of sp³-hybridized carbons (Fsp3) is 0.750. The number of hydrogen-bond acceptors (Lipinski definition) is 9. The number of aliphatic hydroxyl groups excluding tert-OH is 3. The molecule has 1 aromatic heterocycles. The Labute approximate surface area is 224 Å². The average molecular weight is 537 g/mol. The minimum atomic E-state index is -1.24. The van der Waals surface area contributed by atoms with Gasteiger partial charge in [-0.1, -0.05) is 34.1 Å². The first-order valence-corrected chi connectivity index (χ1v) is 14.3. The molecule has 3 N–H and O–H groups in total. The number of cyclic esters (lactones) is 1. The molecule has 37 heavy (non-hydrogen) atoms. The Hall–Kier alpha value is -1.65. The largest absolute Gasteiger partial charge is 0.458 e. The van der Waals surface area contributed by atoms with Gasteiger partial charge in [0.2, 0.25) is 0 Å². The quantitative estimate of drug-likeness (QED) is 0.396. The van der Waals surface area contributed by atoms with Crippen molar-refractivity contribution in [2.24, 2.45) is 17.3 Å². The maximum absolute atomic E-state index is 13.3. The average Bonchev–Trinajstić information content (AvgIpc) is 3.29. The zero-order chi connectivity index (χ0) is 27.5. The Morgan fingerprint density at radius 3 is 2.57 bits per heavy atom. The lowest BCUT2D eigenvalue weighted by molar-refractivity contribution is -0.154. The smallest absolute Gasteiger partial charge is 0.309 e. The standard InChI is InChI=1S/C28H44N2O6S/c1-16-8-7-9-21-22(30(21)10-11-31)13-23(17(2)12-20-15-37-19(4)29-20)36-25(33)14-24(32)28(5,6)27(35)18(3)26(16)34/h12,15-16,18,21-24,26,31-32,34H,7-11,13-14H2,1-6H3/b17-12+/t16-,18+,21+,22?,23-,24-,26-,30+/m0/s1. The molecule has 2 aliphatic heterocycles. The number of hydrogen-bond donors (Lipinski definition) is 3. The van der Waals surface area contributed by atoms with Crippen molar-refractivity contribution in [3.8, 4) is 0 Å². The second-order valence-electron chi connectivity index (χ2n) is 11.5. The van der Waals surface area contributed by atoms with E-state index >= 15 is 0 Å². The summed E-state index contributed by atoms with van der Waals surface area (Å²) in [4.78, 5) is 33.1. The number of ketones is 1. The van der Waals surface area contributed by atoms with E-state index in [1.165, 1.54) is 0 Å². The highest BCUT2D eigenvalue weighted by atomic mass is 32.1. The summed E-state index contributed by atoms with van der Waals surface area (Å²) >= 11 is 1.55. The Morgan fingerprint density at radius 1 is 1.24 bits per heavy atom. The highest BCUT2D eigenvalue weighted by Crippen LogP contribution is 2.39. The van der Waals surface area contributed by atoms with Crippen molar-refractivity contribution in [1.29, 1.82) is 0 Å². The van der Waals surface area contributed by atoms with Gasteiger partial charge < -0.3 is 20.1 Å². The zero-order valence-electron chi connectivity index (χ0n) is 23.0. The highest BCUT2D eigenvalue weighted by Gasteiger charge is 2.48. The molecular weight excluding hydrogens is 492 g/mol. The third kappa shape index (κ3) is 7.26. The Morgan fingerprint density at radius 2 is 1.95 bits per heavy atom. The number of aliphatic hydroxyl groups is 3. The molecule has 2 fully saturated rings. The number of aryl methyl sites for hydroxylation is 1. The first-order valence-electron chi connectivity index (χ1n) is 13.4. The van der Waals surface area contributed by atoms with Crippen LogP contribution < -0.4 is 0 Å². The molecule has 0 aliphatic carbocycles. The Bertz CT molecular complexity index is 976. The van der Waals surface area contributed by atoms with Gasteiger partial charge in [0.15, 0.2) is 0 Å². The topological polar surface area (TPSA) is 120 Å². The summed E-state index contributed by atoms with van der Waals surface area (Å²) in [5, 5.41) is 34.3. The monoisotopic (exact) mass is 536 g/mol. The van der Waals surface area contributed by atoms with Crippen LogP contribution in [-0.4, -0.2) is 80.5 Å². The van der Waals surface area contributed by atoms with Crippen molar-refractivity contribution in [1.82, 2.24) is 9.88 Å². The summed E-state index contributed by atoms with van der Waals surface area (Å²) in [6, 6.07) is 0.434. The fourth-order valence-electron chi connectivity index (χ4n) is 5.65. The van der Waals surface area contributed by atoms with Gasteiger partial charge in [-0.25, -0.2) is 4.98 Å². The minimum Gasteiger partial charge on any atom is -0.458 e. The van der Waals surface area contributed by atoms with E-state index in [0.29, 0.717) is 13.0 Å². The second kappa shape index (κ2) is 12.5. The van der Waals surface area contributed by atoms with Crippen molar-refractivity contribution < 1.29 is 29.6 Å². The molecule has 0 spiro atoms. The molecule has 0 aromatic carbocycles. The van der Waals surface area contributed by atoms with Crippen LogP contribution in [0.5, 0.6) is 0 Å². The van der Waals surface area contributed by atoms with E-state index in [1.54, 1.807) is 32.1 Å². The van der Waals surface area contributed by atoms with Crippen molar-refractivity contribution in [2.75, 3.05) is 13.2 Å². The van der Waals surface area contributed by atoms with Crippen molar-refractivity contribution in [2.45, 2.75) is 104 Å². The molecule has 0 saturated carbocycles. The van der Waals surface area contributed by atoms with Crippen LogP contribution in [0.15, 0.2) is 11.0 Å². The van der Waals surface area contributed by atoms with Gasteiger partial charge in [0.05, 0.1) is 41.4 Å². The van der Waals surface area contributed by atoms with Gasteiger partial charge in [0, 0.05) is 36.3 Å². The number of aromatic nitrogens is 1. The van der Waals surface area contributed by atoms with E-state index in [0.717, 1.165) is 35.5 Å². The van der Waals surface area contributed by atoms with Gasteiger partial charge in [-0.05, 0) is 44.3 Å². The Balaban J connectivity index is 1.88. The van der Waals surface area contributed by atoms with E-state index in [-0.39, 0.29) is 36.8 Å². The lowest BCUT2D eigenvalue weighted by Crippen LogP contribution is -2.45. The molecule has 8 atom stereocenters. The molecule has 208 valence electrons. The van der Waals surface area contributed by atoms with Crippen molar-refractivity contribution >= 4 is 29.2 Å². The van der Waals surface area contributed by atoms with Crippen LogP contribution in [-0.2, 0) is 14.3 Å². The Kier molecular flexibility index (Phi) is 10.1. The summed E-state index contributed by atoms with van der Waals surface area (Å²) in [6.45, 7) is 11.4. The first-order chi connectivity index (χ1) is 17.4. The molecule has 0 bridgehead atoms. The summed E-state index contributed by atoms with van der Waals surface area (Å²) in [7, 11) is 0. The number of carbonyl (C=O) groups excluding carboxylic acids is 2. The van der Waals surface area contributed by atoms with Crippen LogP contribution in [0.25, 0.3) is 6.08 Å². The number of fused-ring (bicyclic) bond motifs is 1. The van der Waals surface area contributed by atoms with Gasteiger partial charge in [-0.15, -0.1) is 11.3 Å². The second-order valence-corrected chi connectivity index (χ2v) is 12.5. The number of β-amino-alcohol motifs (C(OH)–C–C–N with tert-alkyl or cyclic N) is 1. The predicted octanol–water partition coefficient (Wildman–Crippen LogP) is 3.37. The molecule has 3 heterocycles. The van der Waals surface area contributed by atoms with Crippen LogP contribution in [0.1, 0.15) is 77.4 Å². The number of rotatable bonds is 4. The molecule has 2 saturated heterocycles. The number of nitrogens with zero attached hydrogens (tertiary/aromatic N) is 2. The van der Waals surface area contributed by atoms with Gasteiger partial charge >= 0.3 is 5.97 Å². The number of esters is 1. The molecule has 8 nitrogen and oxygen atoms in total.